The number of hydrogen-bond donors (Lipinski definition) is 1. The number of nitrogens with zero attached hydrogens (tertiary/aromatic N) is 3. The van der Waals surface area contributed by atoms with Crippen molar-refractivity contribution in [1.82, 2.24) is 4.90 Å². The molecule has 1 fully saturated rings. The molecule has 6 heteroatoms. The van der Waals surface area contributed by atoms with Gasteiger partial charge < -0.3 is 24.8 Å². The van der Waals surface area contributed by atoms with Gasteiger partial charge in [0.2, 0.25) is 5.91 Å². The van der Waals surface area contributed by atoms with Crippen LogP contribution >= 0.6 is 0 Å². The van der Waals surface area contributed by atoms with Gasteiger partial charge >= 0.3 is 0 Å². The first-order valence-corrected chi connectivity index (χ1v) is 9.25. The van der Waals surface area contributed by atoms with Gasteiger partial charge in [-0.25, -0.2) is 0 Å². The third-order valence-corrected chi connectivity index (χ3v) is 4.89. The summed E-state index contributed by atoms with van der Waals surface area (Å²) in [6.07, 6.45) is 0. The molecule has 2 aromatic carbocycles. The van der Waals surface area contributed by atoms with E-state index in [1.807, 2.05) is 61.5 Å². The van der Waals surface area contributed by atoms with Crippen LogP contribution in [0, 0.1) is 0 Å². The number of piperazine rings is 1. The first kappa shape index (κ1) is 18.9. The second-order valence-corrected chi connectivity index (χ2v) is 6.83. The van der Waals surface area contributed by atoms with Crippen molar-refractivity contribution in [3.8, 4) is 5.75 Å². The zero-order valence-corrected chi connectivity index (χ0v) is 16.3. The lowest BCUT2D eigenvalue weighted by molar-refractivity contribution is -0.129. The maximum Gasteiger partial charge on any atom is 0.241 e. The molecular weight excluding hydrogens is 340 g/mol. The standard InChI is InChI=1S/C21H28N4O2/c1-23(2)18-10-8-17(9-11-18)22-16-21(26)25-14-12-24(13-15-25)19-6-4-5-7-20(19)27-3/h4-11,22H,12-16H2,1-3H3. The molecule has 0 unspecified atom stereocenters. The van der Waals surface area contributed by atoms with Crippen LogP contribution in [-0.4, -0.2) is 64.7 Å². The third kappa shape index (κ3) is 4.64. The summed E-state index contributed by atoms with van der Waals surface area (Å²) in [6, 6.07) is 16.1. The molecule has 0 aliphatic carbocycles. The third-order valence-electron chi connectivity index (χ3n) is 4.89. The molecule has 1 amide bonds. The maximum absolute atomic E-state index is 12.5. The summed E-state index contributed by atoms with van der Waals surface area (Å²) < 4.78 is 5.45. The van der Waals surface area contributed by atoms with Crippen molar-refractivity contribution in [2.45, 2.75) is 0 Å². The summed E-state index contributed by atoms with van der Waals surface area (Å²) in [5, 5.41) is 3.23. The molecule has 3 rings (SSSR count). The lowest BCUT2D eigenvalue weighted by Gasteiger charge is -2.36. The molecule has 1 N–H and O–H groups in total. The summed E-state index contributed by atoms with van der Waals surface area (Å²) >= 11 is 0. The molecule has 0 aromatic heterocycles. The second-order valence-electron chi connectivity index (χ2n) is 6.83. The average Bonchev–Trinajstić information content (AvgIpc) is 2.72. The number of methoxy groups -OCH3 is 1. The number of nitrogens with one attached hydrogen (secondary N) is 1. The Morgan fingerprint density at radius 3 is 2.33 bits per heavy atom. The van der Waals surface area contributed by atoms with E-state index >= 15 is 0 Å². The van der Waals surface area contributed by atoms with Crippen molar-refractivity contribution >= 4 is 23.0 Å². The molecule has 1 saturated heterocycles. The predicted octanol–water partition coefficient (Wildman–Crippen LogP) is 2.52. The van der Waals surface area contributed by atoms with E-state index in [4.69, 9.17) is 4.74 Å². The monoisotopic (exact) mass is 368 g/mol. The maximum atomic E-state index is 12.5. The smallest absolute Gasteiger partial charge is 0.241 e. The Labute approximate surface area is 161 Å². The van der Waals surface area contributed by atoms with Crippen LogP contribution in [-0.2, 0) is 4.79 Å². The summed E-state index contributed by atoms with van der Waals surface area (Å²) in [7, 11) is 5.71. The normalized spacial score (nSPS) is 14.0. The molecule has 1 aliphatic heterocycles. The van der Waals surface area contributed by atoms with Crippen LogP contribution in [0.4, 0.5) is 17.1 Å². The van der Waals surface area contributed by atoms with Crippen molar-refractivity contribution < 1.29 is 9.53 Å². The largest absolute Gasteiger partial charge is 0.495 e. The highest BCUT2D eigenvalue weighted by Gasteiger charge is 2.22. The van der Waals surface area contributed by atoms with Crippen LogP contribution in [0.2, 0.25) is 0 Å². The predicted molar refractivity (Wildman–Crippen MR) is 111 cm³/mol. The summed E-state index contributed by atoms with van der Waals surface area (Å²) in [5.74, 6) is 1.01. The summed E-state index contributed by atoms with van der Waals surface area (Å²) in [6.45, 7) is 3.37. The minimum Gasteiger partial charge on any atom is -0.495 e. The number of ether oxygens (including phenoxy) is 1. The van der Waals surface area contributed by atoms with Crippen LogP contribution in [0.3, 0.4) is 0 Å². The number of rotatable bonds is 6. The van der Waals surface area contributed by atoms with Gasteiger partial charge in [-0.15, -0.1) is 0 Å². The topological polar surface area (TPSA) is 48.1 Å². The fraction of sp³-hybridized carbons (Fsp3) is 0.381. The number of hydrogen-bond acceptors (Lipinski definition) is 5. The van der Waals surface area contributed by atoms with Crippen LogP contribution in [0.1, 0.15) is 0 Å². The molecule has 2 aromatic rings. The molecule has 1 heterocycles. The van der Waals surface area contributed by atoms with Crippen molar-refractivity contribution in [3.05, 3.63) is 48.5 Å². The fourth-order valence-electron chi connectivity index (χ4n) is 3.25. The highest BCUT2D eigenvalue weighted by Crippen LogP contribution is 2.28. The Hall–Kier alpha value is -2.89. The first-order valence-electron chi connectivity index (χ1n) is 9.25. The Bertz CT molecular complexity index is 753. The molecule has 0 bridgehead atoms. The Morgan fingerprint density at radius 2 is 1.70 bits per heavy atom. The van der Waals surface area contributed by atoms with E-state index in [2.05, 4.69) is 21.2 Å². The van der Waals surface area contributed by atoms with E-state index < -0.39 is 0 Å². The van der Waals surface area contributed by atoms with E-state index in [1.54, 1.807) is 7.11 Å². The van der Waals surface area contributed by atoms with Gasteiger partial charge in [0, 0.05) is 51.6 Å². The number of para-hydroxylation sites is 2. The van der Waals surface area contributed by atoms with Crippen LogP contribution in [0.5, 0.6) is 5.75 Å². The molecule has 0 spiro atoms. The zero-order chi connectivity index (χ0) is 19.2. The number of anilines is 3. The van der Waals surface area contributed by atoms with E-state index in [-0.39, 0.29) is 5.91 Å². The van der Waals surface area contributed by atoms with E-state index in [1.165, 1.54) is 0 Å². The second kappa shape index (κ2) is 8.66. The van der Waals surface area contributed by atoms with Gasteiger partial charge in [0.1, 0.15) is 5.75 Å². The molecule has 144 valence electrons. The lowest BCUT2D eigenvalue weighted by atomic mass is 10.2. The van der Waals surface area contributed by atoms with Crippen molar-refractivity contribution in [2.75, 3.05) is 69.0 Å². The number of benzene rings is 2. The molecule has 0 radical (unpaired) electrons. The SMILES string of the molecule is COc1ccccc1N1CCN(C(=O)CNc2ccc(N(C)C)cc2)CC1. The van der Waals surface area contributed by atoms with Gasteiger partial charge in [-0.3, -0.25) is 4.79 Å². The minimum atomic E-state index is 0.131. The minimum absolute atomic E-state index is 0.131. The fourth-order valence-corrected chi connectivity index (χ4v) is 3.25. The highest BCUT2D eigenvalue weighted by atomic mass is 16.5. The van der Waals surface area contributed by atoms with Gasteiger partial charge in [0.15, 0.2) is 0 Å². The van der Waals surface area contributed by atoms with Gasteiger partial charge in [-0.05, 0) is 36.4 Å². The quantitative estimate of drug-likeness (QED) is 0.849. The Balaban J connectivity index is 1.50. The molecule has 27 heavy (non-hydrogen) atoms. The molecular formula is C21H28N4O2. The van der Waals surface area contributed by atoms with E-state index in [0.717, 1.165) is 49.0 Å². The zero-order valence-electron chi connectivity index (χ0n) is 16.3. The summed E-state index contributed by atoms with van der Waals surface area (Å²) in [4.78, 5) is 18.8. The molecule has 0 saturated carbocycles. The van der Waals surface area contributed by atoms with Crippen molar-refractivity contribution in [1.29, 1.82) is 0 Å². The van der Waals surface area contributed by atoms with E-state index in [0.29, 0.717) is 6.54 Å². The molecule has 0 atom stereocenters. The average molecular weight is 368 g/mol. The summed E-state index contributed by atoms with van der Waals surface area (Å²) in [5.41, 5.74) is 3.19. The number of carbonyl (C=O) groups is 1. The van der Waals surface area contributed by atoms with Crippen LogP contribution in [0.15, 0.2) is 48.5 Å². The Kier molecular flexibility index (Phi) is 6.06. The van der Waals surface area contributed by atoms with Crippen molar-refractivity contribution in [2.24, 2.45) is 0 Å². The van der Waals surface area contributed by atoms with Gasteiger partial charge in [-0.1, -0.05) is 12.1 Å². The van der Waals surface area contributed by atoms with Gasteiger partial charge in [0.05, 0.1) is 19.3 Å². The van der Waals surface area contributed by atoms with Crippen molar-refractivity contribution in [3.63, 3.8) is 0 Å². The van der Waals surface area contributed by atoms with E-state index in [9.17, 15) is 4.79 Å². The lowest BCUT2D eigenvalue weighted by Crippen LogP contribution is -2.50. The first-order chi connectivity index (χ1) is 13.1. The molecule has 1 aliphatic rings. The number of amides is 1. The van der Waals surface area contributed by atoms with Crippen LogP contribution < -0.4 is 19.9 Å². The highest BCUT2D eigenvalue weighted by molar-refractivity contribution is 5.81. The number of carbonyl (C=O) groups excluding carboxylic acids is 1. The molecule has 6 nitrogen and oxygen atoms in total. The van der Waals surface area contributed by atoms with Gasteiger partial charge in [-0.2, -0.15) is 0 Å². The Morgan fingerprint density at radius 1 is 1.04 bits per heavy atom. The van der Waals surface area contributed by atoms with Crippen LogP contribution in [0.25, 0.3) is 0 Å². The van der Waals surface area contributed by atoms with Gasteiger partial charge in [0.25, 0.3) is 0 Å².